The van der Waals surface area contributed by atoms with Gasteiger partial charge in [-0.1, -0.05) is 50.2 Å². The fraction of sp³-hybridized carbons (Fsp3) is 0.400. The Balaban J connectivity index is 1.29. The van der Waals surface area contributed by atoms with Gasteiger partial charge >= 0.3 is 0 Å². The first kappa shape index (κ1) is 27.9. The summed E-state index contributed by atoms with van der Waals surface area (Å²) in [4.78, 5) is 35.8. The molecular formula is C30H33N5O4S. The van der Waals surface area contributed by atoms with E-state index in [-0.39, 0.29) is 37.2 Å². The molecule has 3 heterocycles. The highest BCUT2D eigenvalue weighted by molar-refractivity contribution is 7.13. The number of rotatable bonds is 7. The number of likely N-dealkylation sites (tertiary alicyclic amines) is 1. The lowest BCUT2D eigenvalue weighted by Gasteiger charge is -2.36. The number of fused-ring (bicyclic) bond motifs is 1. The number of benzene rings is 2. The van der Waals surface area contributed by atoms with Crippen LogP contribution in [0.25, 0.3) is 10.4 Å². The highest BCUT2D eigenvalue weighted by atomic mass is 32.1. The lowest BCUT2D eigenvalue weighted by molar-refractivity contribution is -0.149. The average molecular weight is 560 g/mol. The summed E-state index contributed by atoms with van der Waals surface area (Å²) in [6.45, 7) is 6.34. The quantitative estimate of drug-likeness (QED) is 0.406. The van der Waals surface area contributed by atoms with Crippen LogP contribution in [0.1, 0.15) is 54.4 Å². The van der Waals surface area contributed by atoms with Gasteiger partial charge in [0.2, 0.25) is 11.8 Å². The van der Waals surface area contributed by atoms with Gasteiger partial charge in [0, 0.05) is 31.6 Å². The second kappa shape index (κ2) is 11.5. The Labute approximate surface area is 237 Å². The number of nitrogens with one attached hydrogen (secondary N) is 1. The van der Waals surface area contributed by atoms with Crippen molar-refractivity contribution in [1.29, 1.82) is 5.26 Å². The van der Waals surface area contributed by atoms with Crippen LogP contribution in [0.15, 0.2) is 48.0 Å². The van der Waals surface area contributed by atoms with E-state index in [4.69, 9.17) is 0 Å². The zero-order valence-electron chi connectivity index (χ0n) is 22.7. The Morgan fingerprint density at radius 2 is 1.95 bits per heavy atom. The normalized spacial score (nSPS) is 21.3. The Morgan fingerprint density at radius 3 is 2.60 bits per heavy atom. The van der Waals surface area contributed by atoms with Crippen LogP contribution in [-0.4, -0.2) is 61.5 Å². The van der Waals surface area contributed by atoms with Crippen LogP contribution in [-0.2, 0) is 22.7 Å². The molecule has 3 aromatic rings. The largest absolute Gasteiger partial charge is 0.391 e. The van der Waals surface area contributed by atoms with Crippen LogP contribution in [0.2, 0.25) is 0 Å². The maximum absolute atomic E-state index is 14.0. The van der Waals surface area contributed by atoms with Gasteiger partial charge < -0.3 is 20.4 Å². The number of nitriles is 1. The summed E-state index contributed by atoms with van der Waals surface area (Å²) in [7, 11) is 0. The zero-order valence-corrected chi connectivity index (χ0v) is 23.6. The van der Waals surface area contributed by atoms with E-state index < -0.39 is 24.4 Å². The van der Waals surface area contributed by atoms with Crippen molar-refractivity contribution in [3.05, 3.63) is 75.9 Å². The van der Waals surface area contributed by atoms with E-state index in [2.05, 4.69) is 16.4 Å². The summed E-state index contributed by atoms with van der Waals surface area (Å²) in [5.41, 5.74) is 6.58. The number of aliphatic hydroxyl groups excluding tert-OH is 2. The van der Waals surface area contributed by atoms with Gasteiger partial charge in [-0.3, -0.25) is 14.5 Å². The molecule has 0 spiro atoms. The van der Waals surface area contributed by atoms with Crippen molar-refractivity contribution in [2.45, 2.75) is 64.7 Å². The van der Waals surface area contributed by atoms with Gasteiger partial charge in [-0.25, -0.2) is 4.98 Å². The molecular weight excluding hydrogens is 526 g/mol. The highest BCUT2D eigenvalue weighted by Gasteiger charge is 2.46. The number of nitrogens with zero attached hydrogens (tertiary/aromatic N) is 4. The summed E-state index contributed by atoms with van der Waals surface area (Å²) < 4.78 is 0. The fourth-order valence-electron chi connectivity index (χ4n) is 5.77. The molecule has 2 amide bonds. The molecule has 0 radical (unpaired) electrons. The number of aliphatic hydroxyl groups is 2. The Kier molecular flexibility index (Phi) is 8.01. The van der Waals surface area contributed by atoms with Crippen molar-refractivity contribution >= 4 is 23.2 Å². The molecule has 1 unspecified atom stereocenters. The molecule has 2 aliphatic heterocycles. The Hall–Kier alpha value is -3.62. The molecule has 0 saturated carbocycles. The minimum absolute atomic E-state index is 0.0450. The van der Waals surface area contributed by atoms with Gasteiger partial charge in [0.1, 0.15) is 12.3 Å². The molecule has 3 N–H and O–H groups in total. The lowest BCUT2D eigenvalue weighted by Crippen LogP contribution is -2.54. The van der Waals surface area contributed by atoms with Gasteiger partial charge in [0.05, 0.1) is 39.9 Å². The molecule has 4 atom stereocenters. The molecule has 208 valence electrons. The van der Waals surface area contributed by atoms with E-state index in [0.29, 0.717) is 23.2 Å². The molecule has 0 aliphatic carbocycles. The van der Waals surface area contributed by atoms with Crippen LogP contribution in [0.3, 0.4) is 0 Å². The van der Waals surface area contributed by atoms with Crippen molar-refractivity contribution in [2.75, 3.05) is 6.54 Å². The summed E-state index contributed by atoms with van der Waals surface area (Å²) >= 11 is 1.58. The minimum Gasteiger partial charge on any atom is -0.391 e. The summed E-state index contributed by atoms with van der Waals surface area (Å²) in [6, 6.07) is 13.7. The molecule has 9 nitrogen and oxygen atoms in total. The van der Waals surface area contributed by atoms with Crippen molar-refractivity contribution in [2.24, 2.45) is 5.92 Å². The van der Waals surface area contributed by atoms with Gasteiger partial charge in [-0.15, -0.1) is 11.3 Å². The molecule has 10 heteroatoms. The number of hydrogen-bond donors (Lipinski definition) is 3. The number of carbonyl (C=O) groups is 2. The van der Waals surface area contributed by atoms with Crippen LogP contribution in [0, 0.1) is 24.2 Å². The maximum Gasteiger partial charge on any atom is 0.243 e. The third-order valence-corrected chi connectivity index (χ3v) is 8.78. The van der Waals surface area contributed by atoms with Crippen LogP contribution in [0.4, 0.5) is 0 Å². The van der Waals surface area contributed by atoms with E-state index in [1.54, 1.807) is 34.4 Å². The van der Waals surface area contributed by atoms with Gasteiger partial charge in [-0.05, 0) is 35.6 Å². The summed E-state index contributed by atoms with van der Waals surface area (Å²) in [5.74, 6) is -0.836. The first-order chi connectivity index (χ1) is 19.2. The molecule has 2 aromatic carbocycles. The number of aromatic nitrogens is 1. The van der Waals surface area contributed by atoms with E-state index in [1.165, 1.54) is 4.90 Å². The van der Waals surface area contributed by atoms with Crippen molar-refractivity contribution in [1.82, 2.24) is 20.1 Å². The van der Waals surface area contributed by atoms with Crippen LogP contribution >= 0.6 is 11.3 Å². The smallest absolute Gasteiger partial charge is 0.243 e. The monoisotopic (exact) mass is 559 g/mol. The standard InChI is InChI=1S/C30H33N5O4S/c1-17(2)26(35-15-24-21(12-31)5-4-6-23(24)29(35)38)30(39)34-14-22(36)11-25(34)28(37)32-13-19-7-9-20(10-8-19)27-18(3)33-16-40-27/h4-10,16-17,22,25-26,29,36,38H,11,13-15H2,1-3H3,(H,32,37)/t22-,25+,26+,29?/m1/s1. The first-order valence-electron chi connectivity index (χ1n) is 13.4. The maximum atomic E-state index is 14.0. The van der Waals surface area contributed by atoms with Crippen LogP contribution < -0.4 is 5.32 Å². The second-order valence-electron chi connectivity index (χ2n) is 10.8. The van der Waals surface area contributed by atoms with E-state index in [9.17, 15) is 25.1 Å². The number of amides is 2. The number of aryl methyl sites for hydroxylation is 1. The predicted octanol–water partition coefficient (Wildman–Crippen LogP) is 3.10. The molecule has 2 aliphatic rings. The summed E-state index contributed by atoms with van der Waals surface area (Å²) in [5, 5.41) is 34.1. The number of thiazole rings is 1. The summed E-state index contributed by atoms with van der Waals surface area (Å²) in [6.07, 6.45) is -1.72. The van der Waals surface area contributed by atoms with Gasteiger partial charge in [-0.2, -0.15) is 5.26 Å². The molecule has 1 fully saturated rings. The Morgan fingerprint density at radius 1 is 1.20 bits per heavy atom. The SMILES string of the molecule is Cc1ncsc1-c1ccc(CNC(=O)[C@@H]2C[C@@H](O)CN2C(=O)[C@H](C(C)C)N2Cc3c(C#N)cccc3C2O)cc1. The fourth-order valence-corrected chi connectivity index (χ4v) is 6.58. The highest BCUT2D eigenvalue weighted by Crippen LogP contribution is 2.38. The van der Waals surface area contributed by atoms with E-state index in [1.807, 2.05) is 50.5 Å². The third-order valence-electron chi connectivity index (χ3n) is 7.80. The third kappa shape index (κ3) is 5.25. The van der Waals surface area contributed by atoms with Gasteiger partial charge in [0.25, 0.3) is 0 Å². The second-order valence-corrected chi connectivity index (χ2v) is 11.7. The molecule has 0 bridgehead atoms. The predicted molar refractivity (Wildman–Crippen MR) is 151 cm³/mol. The first-order valence-corrected chi connectivity index (χ1v) is 14.3. The molecule has 5 rings (SSSR count). The molecule has 1 saturated heterocycles. The Bertz CT molecular complexity index is 1450. The van der Waals surface area contributed by atoms with Crippen molar-refractivity contribution in [3.63, 3.8) is 0 Å². The number of hydrogen-bond acceptors (Lipinski definition) is 8. The van der Waals surface area contributed by atoms with Crippen molar-refractivity contribution < 1.29 is 19.8 Å². The topological polar surface area (TPSA) is 130 Å². The van der Waals surface area contributed by atoms with Crippen molar-refractivity contribution in [3.8, 4) is 16.5 Å². The van der Waals surface area contributed by atoms with Crippen LogP contribution in [0.5, 0.6) is 0 Å². The lowest BCUT2D eigenvalue weighted by atomic mass is 10.00. The molecule has 40 heavy (non-hydrogen) atoms. The molecule has 1 aromatic heterocycles. The number of carbonyl (C=O) groups excluding carboxylic acids is 2. The number of β-amino-alcohol motifs (C(OH)–C–C–N with tert-alkyl or cyclic N) is 1. The average Bonchev–Trinajstić information content (AvgIpc) is 3.64. The van der Waals surface area contributed by atoms with Gasteiger partial charge in [0.15, 0.2) is 0 Å². The van der Waals surface area contributed by atoms with E-state index >= 15 is 0 Å². The minimum atomic E-state index is -1.05. The van der Waals surface area contributed by atoms with E-state index in [0.717, 1.165) is 21.7 Å². The zero-order chi connectivity index (χ0) is 28.6.